The molecule has 0 aliphatic heterocycles. The summed E-state index contributed by atoms with van der Waals surface area (Å²) < 4.78 is 5.80. The van der Waals surface area contributed by atoms with Crippen LogP contribution in [0.2, 0.25) is 5.02 Å². The lowest BCUT2D eigenvalue weighted by molar-refractivity contribution is 0.333. The van der Waals surface area contributed by atoms with Gasteiger partial charge in [0, 0.05) is 10.6 Å². The number of benzene rings is 2. The third-order valence-corrected chi connectivity index (χ3v) is 3.60. The number of hydrogen-bond acceptors (Lipinski definition) is 2. The van der Waals surface area contributed by atoms with Crippen LogP contribution >= 0.6 is 11.6 Å². The summed E-state index contributed by atoms with van der Waals surface area (Å²) in [5.41, 5.74) is 3.52. The van der Waals surface area contributed by atoms with Gasteiger partial charge in [0.1, 0.15) is 5.75 Å². The topological polar surface area (TPSA) is 21.3 Å². The van der Waals surface area contributed by atoms with E-state index >= 15 is 0 Å². The fourth-order valence-electron chi connectivity index (χ4n) is 2.48. The molecule has 0 fully saturated rings. The van der Waals surface area contributed by atoms with Gasteiger partial charge in [0.2, 0.25) is 0 Å². The number of nitrogens with one attached hydrogen (secondary N) is 1. The zero-order valence-electron chi connectivity index (χ0n) is 12.8. The minimum Gasteiger partial charge on any atom is -0.494 e. The largest absolute Gasteiger partial charge is 0.494 e. The van der Waals surface area contributed by atoms with Crippen molar-refractivity contribution in [3.8, 4) is 5.75 Å². The van der Waals surface area contributed by atoms with E-state index in [0.29, 0.717) is 6.61 Å². The molecule has 1 atom stereocenters. The molecule has 0 aliphatic carbocycles. The molecule has 21 heavy (non-hydrogen) atoms. The van der Waals surface area contributed by atoms with Gasteiger partial charge in [-0.2, -0.15) is 0 Å². The molecule has 0 saturated heterocycles. The van der Waals surface area contributed by atoms with Crippen LogP contribution in [-0.2, 0) is 0 Å². The van der Waals surface area contributed by atoms with E-state index in [1.54, 1.807) is 0 Å². The molecule has 0 radical (unpaired) electrons. The van der Waals surface area contributed by atoms with E-state index in [4.69, 9.17) is 16.3 Å². The molecule has 0 spiro atoms. The predicted molar refractivity (Wildman–Crippen MR) is 89.3 cm³/mol. The Morgan fingerprint density at radius 1 is 1.14 bits per heavy atom. The Bertz CT molecular complexity index is 598. The van der Waals surface area contributed by atoms with Crippen LogP contribution in [0.5, 0.6) is 5.75 Å². The molecule has 0 aromatic heterocycles. The summed E-state index contributed by atoms with van der Waals surface area (Å²) >= 11 is 6.15. The van der Waals surface area contributed by atoms with Crippen LogP contribution in [0.1, 0.15) is 36.6 Å². The highest BCUT2D eigenvalue weighted by Crippen LogP contribution is 2.32. The number of hydrogen-bond donors (Lipinski definition) is 1. The Morgan fingerprint density at radius 2 is 1.95 bits per heavy atom. The van der Waals surface area contributed by atoms with Crippen molar-refractivity contribution >= 4 is 11.6 Å². The summed E-state index contributed by atoms with van der Waals surface area (Å²) in [5, 5.41) is 4.28. The highest BCUT2D eigenvalue weighted by molar-refractivity contribution is 6.30. The van der Waals surface area contributed by atoms with Crippen LogP contribution in [0, 0.1) is 6.92 Å². The third kappa shape index (κ3) is 3.99. The normalized spacial score (nSPS) is 12.2. The predicted octanol–water partition coefficient (Wildman–Crippen LogP) is 4.75. The van der Waals surface area contributed by atoms with Crippen molar-refractivity contribution in [2.75, 3.05) is 13.2 Å². The summed E-state index contributed by atoms with van der Waals surface area (Å²) in [6, 6.07) is 14.4. The molecule has 0 saturated carbocycles. The first-order chi connectivity index (χ1) is 10.2. The SMILES string of the molecule is CCNC(c1cccc(Cl)c1)c1cc(C)ccc1OCC. The number of ether oxygens (including phenoxy) is 1. The molecular formula is C18H22ClNO. The average Bonchev–Trinajstić information content (AvgIpc) is 2.47. The monoisotopic (exact) mass is 303 g/mol. The summed E-state index contributed by atoms with van der Waals surface area (Å²) in [6.07, 6.45) is 0. The van der Waals surface area contributed by atoms with Crippen LogP contribution in [0.3, 0.4) is 0 Å². The van der Waals surface area contributed by atoms with E-state index in [9.17, 15) is 0 Å². The van der Waals surface area contributed by atoms with Gasteiger partial charge in [0.15, 0.2) is 0 Å². The Labute approximate surface area is 132 Å². The van der Waals surface area contributed by atoms with Crippen molar-refractivity contribution in [2.24, 2.45) is 0 Å². The molecule has 0 aliphatic rings. The average molecular weight is 304 g/mol. The van der Waals surface area contributed by atoms with E-state index in [1.165, 1.54) is 5.56 Å². The van der Waals surface area contributed by atoms with E-state index in [0.717, 1.165) is 28.4 Å². The minimum atomic E-state index is 0.0788. The highest BCUT2D eigenvalue weighted by Gasteiger charge is 2.18. The summed E-state index contributed by atoms with van der Waals surface area (Å²) in [5.74, 6) is 0.925. The molecule has 1 unspecified atom stereocenters. The molecule has 2 nitrogen and oxygen atoms in total. The van der Waals surface area contributed by atoms with E-state index < -0.39 is 0 Å². The number of halogens is 1. The van der Waals surface area contributed by atoms with Crippen LogP contribution in [0.15, 0.2) is 42.5 Å². The summed E-state index contributed by atoms with van der Waals surface area (Å²) in [6.45, 7) is 7.74. The molecule has 3 heteroatoms. The maximum atomic E-state index is 6.15. The Morgan fingerprint density at radius 3 is 2.62 bits per heavy atom. The molecule has 2 rings (SSSR count). The van der Waals surface area contributed by atoms with Crippen molar-refractivity contribution < 1.29 is 4.74 Å². The van der Waals surface area contributed by atoms with Gasteiger partial charge in [-0.25, -0.2) is 0 Å². The molecule has 0 amide bonds. The van der Waals surface area contributed by atoms with Gasteiger partial charge in [-0.15, -0.1) is 0 Å². The van der Waals surface area contributed by atoms with Gasteiger partial charge < -0.3 is 10.1 Å². The second-order valence-electron chi connectivity index (χ2n) is 5.02. The van der Waals surface area contributed by atoms with Gasteiger partial charge in [-0.1, -0.05) is 48.4 Å². The Kier molecular flexibility index (Phi) is 5.66. The van der Waals surface area contributed by atoms with Gasteiger partial charge in [-0.3, -0.25) is 0 Å². The second kappa shape index (κ2) is 7.48. The van der Waals surface area contributed by atoms with E-state index in [-0.39, 0.29) is 6.04 Å². The second-order valence-corrected chi connectivity index (χ2v) is 5.46. The van der Waals surface area contributed by atoms with Crippen molar-refractivity contribution in [2.45, 2.75) is 26.8 Å². The zero-order valence-corrected chi connectivity index (χ0v) is 13.6. The highest BCUT2D eigenvalue weighted by atomic mass is 35.5. The van der Waals surface area contributed by atoms with Crippen molar-refractivity contribution in [1.29, 1.82) is 0 Å². The fourth-order valence-corrected chi connectivity index (χ4v) is 2.68. The Balaban J connectivity index is 2.49. The maximum Gasteiger partial charge on any atom is 0.124 e. The molecule has 0 heterocycles. The van der Waals surface area contributed by atoms with Crippen molar-refractivity contribution in [3.63, 3.8) is 0 Å². The van der Waals surface area contributed by atoms with Crippen LogP contribution in [0.4, 0.5) is 0 Å². The van der Waals surface area contributed by atoms with E-state index in [2.05, 4.69) is 37.4 Å². The molecule has 2 aromatic carbocycles. The fraction of sp³-hybridized carbons (Fsp3) is 0.333. The summed E-state index contributed by atoms with van der Waals surface area (Å²) in [4.78, 5) is 0. The van der Waals surface area contributed by atoms with Gasteiger partial charge >= 0.3 is 0 Å². The lowest BCUT2D eigenvalue weighted by Crippen LogP contribution is -2.22. The molecule has 2 aromatic rings. The first kappa shape index (κ1) is 15.9. The summed E-state index contributed by atoms with van der Waals surface area (Å²) in [7, 11) is 0. The molecule has 1 N–H and O–H groups in total. The third-order valence-electron chi connectivity index (χ3n) is 3.37. The van der Waals surface area contributed by atoms with Gasteiger partial charge in [0.25, 0.3) is 0 Å². The van der Waals surface area contributed by atoms with Crippen LogP contribution < -0.4 is 10.1 Å². The van der Waals surface area contributed by atoms with Crippen LogP contribution in [-0.4, -0.2) is 13.2 Å². The lowest BCUT2D eigenvalue weighted by Gasteiger charge is -2.22. The number of aryl methyl sites for hydroxylation is 1. The van der Waals surface area contributed by atoms with Crippen molar-refractivity contribution in [1.82, 2.24) is 5.32 Å². The standard InChI is InChI=1S/C18H22ClNO/c1-4-20-18(14-7-6-8-15(19)12-14)16-11-13(3)9-10-17(16)21-5-2/h6-12,18,20H,4-5H2,1-3H3. The van der Waals surface area contributed by atoms with Crippen LogP contribution in [0.25, 0.3) is 0 Å². The maximum absolute atomic E-state index is 6.15. The minimum absolute atomic E-state index is 0.0788. The van der Waals surface area contributed by atoms with Crippen molar-refractivity contribution in [3.05, 3.63) is 64.2 Å². The number of rotatable bonds is 6. The smallest absolute Gasteiger partial charge is 0.124 e. The molecular weight excluding hydrogens is 282 g/mol. The lowest BCUT2D eigenvalue weighted by atomic mass is 9.96. The van der Waals surface area contributed by atoms with Gasteiger partial charge in [-0.05, 0) is 44.2 Å². The first-order valence-electron chi connectivity index (χ1n) is 7.37. The zero-order chi connectivity index (χ0) is 15.2. The first-order valence-corrected chi connectivity index (χ1v) is 7.75. The van der Waals surface area contributed by atoms with E-state index in [1.807, 2.05) is 31.2 Å². The Hall–Kier alpha value is -1.51. The molecule has 112 valence electrons. The van der Waals surface area contributed by atoms with Gasteiger partial charge in [0.05, 0.1) is 12.6 Å². The molecule has 0 bridgehead atoms. The quantitative estimate of drug-likeness (QED) is 0.832.